The fraction of sp³-hybridized carbons (Fsp3) is 0.417. The van der Waals surface area contributed by atoms with E-state index in [0.717, 1.165) is 12.1 Å². The number of hydrogen-bond acceptors (Lipinski definition) is 3. The fourth-order valence-corrected chi connectivity index (χ4v) is 1.43. The van der Waals surface area contributed by atoms with E-state index < -0.39 is 11.7 Å². The van der Waals surface area contributed by atoms with Gasteiger partial charge >= 0.3 is 6.18 Å². The highest BCUT2D eigenvalue weighted by Crippen LogP contribution is 2.32. The first kappa shape index (κ1) is 15.1. The van der Waals surface area contributed by atoms with Gasteiger partial charge in [0.1, 0.15) is 0 Å². The Morgan fingerprint density at radius 2 is 2.00 bits per heavy atom. The Balaban J connectivity index is 2.64. The maximum atomic E-state index is 12.4. The van der Waals surface area contributed by atoms with Crippen molar-refractivity contribution in [1.82, 2.24) is 4.90 Å². The first-order valence-electron chi connectivity index (χ1n) is 5.62. The number of nitrogen functional groups attached to an aromatic ring is 1. The SMILES string of the molecule is CN(C)C(=O)CCNc1ccc(C(F)(F)F)cc1N. The summed E-state index contributed by atoms with van der Waals surface area (Å²) in [6, 6.07) is 3.08. The molecule has 0 atom stereocenters. The van der Waals surface area contributed by atoms with Crippen molar-refractivity contribution in [2.45, 2.75) is 12.6 Å². The van der Waals surface area contributed by atoms with Gasteiger partial charge in [-0.05, 0) is 18.2 Å². The van der Waals surface area contributed by atoms with Crippen molar-refractivity contribution in [2.75, 3.05) is 31.7 Å². The number of anilines is 2. The summed E-state index contributed by atoms with van der Waals surface area (Å²) in [4.78, 5) is 12.8. The lowest BCUT2D eigenvalue weighted by molar-refractivity contribution is -0.137. The van der Waals surface area contributed by atoms with Gasteiger partial charge in [0.2, 0.25) is 5.91 Å². The Morgan fingerprint density at radius 3 is 2.47 bits per heavy atom. The molecule has 0 aliphatic rings. The smallest absolute Gasteiger partial charge is 0.397 e. The van der Waals surface area contributed by atoms with Crippen molar-refractivity contribution in [1.29, 1.82) is 0 Å². The molecule has 0 aliphatic carbocycles. The van der Waals surface area contributed by atoms with E-state index in [2.05, 4.69) is 5.32 Å². The van der Waals surface area contributed by atoms with Gasteiger partial charge in [0.15, 0.2) is 0 Å². The number of nitrogens with two attached hydrogens (primary N) is 1. The summed E-state index contributed by atoms with van der Waals surface area (Å²) in [5.41, 5.74) is 5.14. The van der Waals surface area contributed by atoms with E-state index in [4.69, 9.17) is 5.73 Å². The van der Waals surface area contributed by atoms with Gasteiger partial charge < -0.3 is 16.0 Å². The zero-order valence-electron chi connectivity index (χ0n) is 10.7. The summed E-state index contributed by atoms with van der Waals surface area (Å²) in [6.45, 7) is 0.312. The second-order valence-corrected chi connectivity index (χ2v) is 4.26. The molecular weight excluding hydrogens is 259 g/mol. The highest BCUT2D eigenvalue weighted by atomic mass is 19.4. The lowest BCUT2D eigenvalue weighted by Crippen LogP contribution is -2.24. The van der Waals surface area contributed by atoms with Gasteiger partial charge in [-0.25, -0.2) is 0 Å². The largest absolute Gasteiger partial charge is 0.416 e. The van der Waals surface area contributed by atoms with Crippen LogP contribution >= 0.6 is 0 Å². The fourth-order valence-electron chi connectivity index (χ4n) is 1.43. The van der Waals surface area contributed by atoms with Crippen molar-refractivity contribution in [3.8, 4) is 0 Å². The quantitative estimate of drug-likeness (QED) is 0.828. The van der Waals surface area contributed by atoms with Gasteiger partial charge in [-0.1, -0.05) is 0 Å². The average molecular weight is 275 g/mol. The molecule has 106 valence electrons. The molecule has 19 heavy (non-hydrogen) atoms. The molecule has 0 spiro atoms. The third kappa shape index (κ3) is 4.35. The monoisotopic (exact) mass is 275 g/mol. The van der Waals surface area contributed by atoms with Crippen molar-refractivity contribution < 1.29 is 18.0 Å². The summed E-state index contributed by atoms with van der Waals surface area (Å²) >= 11 is 0. The number of nitrogens with zero attached hydrogens (tertiary/aromatic N) is 1. The van der Waals surface area contributed by atoms with E-state index in [1.807, 2.05) is 0 Å². The molecule has 0 bridgehead atoms. The van der Waals surface area contributed by atoms with E-state index in [0.29, 0.717) is 12.2 Å². The molecule has 1 amide bonds. The zero-order chi connectivity index (χ0) is 14.6. The minimum atomic E-state index is -4.41. The number of carbonyl (C=O) groups is 1. The molecule has 0 aliphatic heterocycles. The molecule has 1 aromatic rings. The Kier molecular flexibility index (Phi) is 4.63. The van der Waals surface area contributed by atoms with Crippen LogP contribution in [0, 0.1) is 0 Å². The van der Waals surface area contributed by atoms with Crippen LogP contribution in [0.2, 0.25) is 0 Å². The van der Waals surface area contributed by atoms with Gasteiger partial charge in [0.25, 0.3) is 0 Å². The molecular formula is C12H16F3N3O. The molecule has 1 rings (SSSR count). The summed E-state index contributed by atoms with van der Waals surface area (Å²) in [6.07, 6.45) is -4.17. The molecule has 0 radical (unpaired) electrons. The molecule has 7 heteroatoms. The second-order valence-electron chi connectivity index (χ2n) is 4.26. The Bertz CT molecular complexity index is 458. The highest BCUT2D eigenvalue weighted by molar-refractivity contribution is 5.76. The molecule has 0 saturated heterocycles. The first-order chi connectivity index (χ1) is 8.71. The van der Waals surface area contributed by atoms with E-state index in [1.165, 1.54) is 11.0 Å². The molecule has 0 heterocycles. The van der Waals surface area contributed by atoms with Crippen LogP contribution in [-0.4, -0.2) is 31.4 Å². The number of rotatable bonds is 4. The summed E-state index contributed by atoms with van der Waals surface area (Å²) in [5.74, 6) is -0.0713. The minimum absolute atomic E-state index is 0.00660. The number of nitrogens with one attached hydrogen (secondary N) is 1. The third-order valence-corrected chi connectivity index (χ3v) is 2.53. The van der Waals surface area contributed by atoms with Crippen molar-refractivity contribution >= 4 is 17.3 Å². The zero-order valence-corrected chi connectivity index (χ0v) is 10.7. The number of halogens is 3. The van der Waals surface area contributed by atoms with Gasteiger partial charge in [0, 0.05) is 27.1 Å². The maximum Gasteiger partial charge on any atom is 0.416 e. The summed E-state index contributed by atoms with van der Waals surface area (Å²) in [7, 11) is 3.27. The second kappa shape index (κ2) is 5.81. The topological polar surface area (TPSA) is 58.4 Å². The molecule has 0 fully saturated rings. The number of alkyl halides is 3. The van der Waals surface area contributed by atoms with E-state index in [1.54, 1.807) is 14.1 Å². The standard InChI is InChI=1S/C12H16F3N3O/c1-18(2)11(19)5-6-17-10-4-3-8(7-9(10)16)12(13,14)15/h3-4,7,17H,5-6,16H2,1-2H3. The average Bonchev–Trinajstić information content (AvgIpc) is 2.29. The van der Waals surface area contributed by atoms with E-state index >= 15 is 0 Å². The normalized spacial score (nSPS) is 11.2. The minimum Gasteiger partial charge on any atom is -0.397 e. The molecule has 0 unspecified atom stereocenters. The third-order valence-electron chi connectivity index (χ3n) is 2.53. The van der Waals surface area contributed by atoms with Gasteiger partial charge in [0.05, 0.1) is 16.9 Å². The molecule has 3 N–H and O–H groups in total. The number of benzene rings is 1. The number of hydrogen-bond donors (Lipinski definition) is 2. The van der Waals surface area contributed by atoms with Crippen LogP contribution in [0.25, 0.3) is 0 Å². The summed E-state index contributed by atoms with van der Waals surface area (Å²) < 4.78 is 37.3. The first-order valence-corrected chi connectivity index (χ1v) is 5.62. The molecule has 1 aromatic carbocycles. The highest BCUT2D eigenvalue weighted by Gasteiger charge is 2.30. The van der Waals surface area contributed by atoms with Crippen LogP contribution in [0.1, 0.15) is 12.0 Å². The Hall–Kier alpha value is -1.92. The lowest BCUT2D eigenvalue weighted by Gasteiger charge is -2.14. The summed E-state index contributed by atoms with van der Waals surface area (Å²) in [5, 5.41) is 2.84. The Morgan fingerprint density at radius 1 is 1.37 bits per heavy atom. The van der Waals surface area contributed by atoms with E-state index in [9.17, 15) is 18.0 Å². The van der Waals surface area contributed by atoms with Crippen LogP contribution in [0.3, 0.4) is 0 Å². The Labute approximate surface area is 109 Å². The maximum absolute atomic E-state index is 12.4. The number of carbonyl (C=O) groups excluding carboxylic acids is 1. The van der Waals surface area contributed by atoms with Crippen LogP contribution in [-0.2, 0) is 11.0 Å². The predicted molar refractivity (Wildman–Crippen MR) is 67.7 cm³/mol. The molecule has 0 saturated carbocycles. The van der Waals surface area contributed by atoms with Crippen LogP contribution in [0.15, 0.2) is 18.2 Å². The van der Waals surface area contributed by atoms with Gasteiger partial charge in [-0.15, -0.1) is 0 Å². The molecule has 4 nitrogen and oxygen atoms in total. The van der Waals surface area contributed by atoms with Gasteiger partial charge in [-0.2, -0.15) is 13.2 Å². The van der Waals surface area contributed by atoms with Crippen molar-refractivity contribution in [2.24, 2.45) is 0 Å². The van der Waals surface area contributed by atoms with Gasteiger partial charge in [-0.3, -0.25) is 4.79 Å². The van der Waals surface area contributed by atoms with Crippen LogP contribution in [0.5, 0.6) is 0 Å². The lowest BCUT2D eigenvalue weighted by atomic mass is 10.1. The van der Waals surface area contributed by atoms with Crippen molar-refractivity contribution in [3.63, 3.8) is 0 Å². The van der Waals surface area contributed by atoms with Crippen LogP contribution in [0.4, 0.5) is 24.5 Å². The van der Waals surface area contributed by atoms with E-state index in [-0.39, 0.29) is 18.0 Å². The predicted octanol–water partition coefficient (Wildman–Crippen LogP) is 2.18. The number of amides is 1. The van der Waals surface area contributed by atoms with Crippen LogP contribution < -0.4 is 11.1 Å². The molecule has 0 aromatic heterocycles. The van der Waals surface area contributed by atoms with Crippen molar-refractivity contribution in [3.05, 3.63) is 23.8 Å².